The Morgan fingerprint density at radius 3 is 2.74 bits per heavy atom. The van der Waals surface area contributed by atoms with E-state index >= 15 is 0 Å². The second-order valence-corrected chi connectivity index (χ2v) is 5.63. The predicted molar refractivity (Wildman–Crippen MR) is 89.0 cm³/mol. The molecule has 0 saturated carbocycles. The minimum atomic E-state index is -0.394. The number of amides is 1. The van der Waals surface area contributed by atoms with E-state index in [4.69, 9.17) is 11.6 Å². The molecule has 0 aliphatic rings. The van der Waals surface area contributed by atoms with Gasteiger partial charge < -0.3 is 10.4 Å². The van der Waals surface area contributed by atoms with E-state index in [9.17, 15) is 9.90 Å². The van der Waals surface area contributed by atoms with E-state index in [0.717, 1.165) is 6.42 Å². The fraction of sp³-hybridized carbons (Fsp3) is 0.438. The summed E-state index contributed by atoms with van der Waals surface area (Å²) in [4.78, 5) is 16.6. The van der Waals surface area contributed by atoms with Crippen LogP contribution in [0, 0.1) is 0 Å². The Bertz CT molecular complexity index is 668. The highest BCUT2D eigenvalue weighted by molar-refractivity contribution is 6.32. The van der Waals surface area contributed by atoms with Crippen LogP contribution in [0.15, 0.2) is 24.3 Å². The standard InChI is InChI=1S/C16H21ClN4O2/c1-3-7-14-19-15(16(23)18-11(4-2)10-22)20-21(14)13-9-6-5-8-12(13)17/h5-6,8-9,11,22H,3-4,7,10H2,1-2H3,(H,18,23). The molecule has 124 valence electrons. The topological polar surface area (TPSA) is 80.0 Å². The van der Waals surface area contributed by atoms with Crippen LogP contribution in [-0.4, -0.2) is 38.4 Å². The summed E-state index contributed by atoms with van der Waals surface area (Å²) in [6.07, 6.45) is 2.19. The first kappa shape index (κ1) is 17.4. The molecule has 1 amide bonds. The quantitative estimate of drug-likeness (QED) is 0.813. The van der Waals surface area contributed by atoms with E-state index in [1.807, 2.05) is 32.0 Å². The number of benzene rings is 1. The average molecular weight is 337 g/mol. The molecule has 23 heavy (non-hydrogen) atoms. The Kier molecular flexibility index (Phi) is 6.12. The molecule has 2 rings (SSSR count). The number of nitrogens with one attached hydrogen (secondary N) is 1. The average Bonchev–Trinajstić information content (AvgIpc) is 2.97. The van der Waals surface area contributed by atoms with E-state index in [1.165, 1.54) is 0 Å². The summed E-state index contributed by atoms with van der Waals surface area (Å²) >= 11 is 6.23. The number of aliphatic hydroxyl groups is 1. The van der Waals surface area contributed by atoms with Gasteiger partial charge in [0.25, 0.3) is 5.91 Å². The van der Waals surface area contributed by atoms with Crippen molar-refractivity contribution < 1.29 is 9.90 Å². The van der Waals surface area contributed by atoms with Crippen LogP contribution in [0.25, 0.3) is 5.69 Å². The van der Waals surface area contributed by atoms with E-state index in [1.54, 1.807) is 10.7 Å². The molecule has 1 unspecified atom stereocenters. The van der Waals surface area contributed by atoms with Crippen LogP contribution in [0.4, 0.5) is 0 Å². The van der Waals surface area contributed by atoms with Crippen LogP contribution >= 0.6 is 11.6 Å². The summed E-state index contributed by atoms with van der Waals surface area (Å²) in [6.45, 7) is 3.80. The molecule has 1 aromatic carbocycles. The van der Waals surface area contributed by atoms with Gasteiger partial charge in [-0.25, -0.2) is 9.67 Å². The molecule has 0 aliphatic carbocycles. The number of hydrogen-bond acceptors (Lipinski definition) is 4. The van der Waals surface area contributed by atoms with E-state index in [-0.39, 0.29) is 18.5 Å². The van der Waals surface area contributed by atoms with E-state index in [2.05, 4.69) is 15.4 Å². The summed E-state index contributed by atoms with van der Waals surface area (Å²) in [5.41, 5.74) is 0.693. The van der Waals surface area contributed by atoms with Gasteiger partial charge in [-0.15, -0.1) is 5.10 Å². The van der Waals surface area contributed by atoms with Gasteiger partial charge in [0.05, 0.1) is 23.4 Å². The van der Waals surface area contributed by atoms with Crippen molar-refractivity contribution in [2.75, 3.05) is 6.61 Å². The summed E-state index contributed by atoms with van der Waals surface area (Å²) < 4.78 is 1.61. The highest BCUT2D eigenvalue weighted by Gasteiger charge is 2.20. The number of nitrogens with zero attached hydrogens (tertiary/aromatic N) is 3. The molecule has 0 bridgehead atoms. The summed E-state index contributed by atoms with van der Waals surface area (Å²) in [5.74, 6) is 0.372. The zero-order chi connectivity index (χ0) is 16.8. The molecule has 6 nitrogen and oxygen atoms in total. The minimum absolute atomic E-state index is 0.0836. The summed E-state index contributed by atoms with van der Waals surface area (Å²) in [7, 11) is 0. The van der Waals surface area contributed by atoms with Crippen molar-refractivity contribution >= 4 is 17.5 Å². The Hall–Kier alpha value is -1.92. The Labute approximate surface area is 140 Å². The Morgan fingerprint density at radius 1 is 1.39 bits per heavy atom. The van der Waals surface area contributed by atoms with Crippen LogP contribution in [-0.2, 0) is 6.42 Å². The van der Waals surface area contributed by atoms with Crippen molar-refractivity contribution in [2.45, 2.75) is 39.2 Å². The smallest absolute Gasteiger partial charge is 0.291 e. The second-order valence-electron chi connectivity index (χ2n) is 5.23. The third-order valence-corrected chi connectivity index (χ3v) is 3.80. The molecule has 2 aromatic rings. The van der Waals surface area contributed by atoms with Gasteiger partial charge in [-0.1, -0.05) is 37.6 Å². The summed E-state index contributed by atoms with van der Waals surface area (Å²) in [5, 5.41) is 16.8. The number of hydrogen-bond donors (Lipinski definition) is 2. The highest BCUT2D eigenvalue weighted by Crippen LogP contribution is 2.21. The van der Waals surface area contributed by atoms with Crippen LogP contribution in [0.5, 0.6) is 0 Å². The number of aliphatic hydroxyl groups excluding tert-OH is 1. The van der Waals surface area contributed by atoms with Crippen molar-refractivity contribution in [3.05, 3.63) is 40.9 Å². The van der Waals surface area contributed by atoms with Gasteiger partial charge in [0.2, 0.25) is 5.82 Å². The van der Waals surface area contributed by atoms with Gasteiger partial charge in [-0.2, -0.15) is 0 Å². The minimum Gasteiger partial charge on any atom is -0.394 e. The fourth-order valence-electron chi connectivity index (χ4n) is 2.17. The first-order valence-electron chi connectivity index (χ1n) is 7.73. The second kappa shape index (κ2) is 8.08. The van der Waals surface area contributed by atoms with E-state index in [0.29, 0.717) is 29.4 Å². The van der Waals surface area contributed by atoms with Gasteiger partial charge in [0.15, 0.2) is 0 Å². The number of aromatic nitrogens is 3. The number of para-hydroxylation sites is 1. The lowest BCUT2D eigenvalue weighted by molar-refractivity contribution is 0.0904. The third-order valence-electron chi connectivity index (χ3n) is 3.48. The molecule has 1 atom stereocenters. The zero-order valence-corrected chi connectivity index (χ0v) is 14.0. The predicted octanol–water partition coefficient (Wildman–Crippen LogP) is 2.37. The molecule has 0 aliphatic heterocycles. The van der Waals surface area contributed by atoms with Crippen molar-refractivity contribution in [1.29, 1.82) is 0 Å². The van der Waals surface area contributed by atoms with Crippen LogP contribution < -0.4 is 5.32 Å². The molecular weight excluding hydrogens is 316 g/mol. The fourth-order valence-corrected chi connectivity index (χ4v) is 2.38. The number of carbonyl (C=O) groups excluding carboxylic acids is 1. The van der Waals surface area contributed by atoms with Gasteiger partial charge in [0.1, 0.15) is 5.82 Å². The van der Waals surface area contributed by atoms with Gasteiger partial charge in [-0.3, -0.25) is 4.79 Å². The first-order valence-corrected chi connectivity index (χ1v) is 8.11. The molecule has 1 aromatic heterocycles. The maximum absolute atomic E-state index is 12.3. The van der Waals surface area contributed by atoms with Gasteiger partial charge in [0, 0.05) is 6.42 Å². The van der Waals surface area contributed by atoms with Crippen molar-refractivity contribution in [2.24, 2.45) is 0 Å². The first-order chi connectivity index (χ1) is 11.1. The molecule has 0 radical (unpaired) electrons. The lowest BCUT2D eigenvalue weighted by Gasteiger charge is -2.11. The molecular formula is C16H21ClN4O2. The summed E-state index contributed by atoms with van der Waals surface area (Å²) in [6, 6.07) is 7.00. The SMILES string of the molecule is CCCc1nc(C(=O)NC(CC)CO)nn1-c1ccccc1Cl. The number of rotatable bonds is 7. The lowest BCUT2D eigenvalue weighted by atomic mass is 10.2. The number of halogens is 1. The zero-order valence-electron chi connectivity index (χ0n) is 13.3. The monoisotopic (exact) mass is 336 g/mol. The molecule has 0 fully saturated rings. The lowest BCUT2D eigenvalue weighted by Crippen LogP contribution is -2.37. The Morgan fingerprint density at radius 2 is 2.13 bits per heavy atom. The molecule has 7 heteroatoms. The number of aryl methyl sites for hydroxylation is 1. The van der Waals surface area contributed by atoms with Crippen molar-refractivity contribution in [3.63, 3.8) is 0 Å². The number of carbonyl (C=O) groups is 1. The van der Waals surface area contributed by atoms with Gasteiger partial charge in [-0.05, 0) is 25.0 Å². The largest absolute Gasteiger partial charge is 0.394 e. The third kappa shape index (κ3) is 4.09. The van der Waals surface area contributed by atoms with Crippen LogP contribution in [0.3, 0.4) is 0 Å². The molecule has 0 spiro atoms. The maximum Gasteiger partial charge on any atom is 0.291 e. The van der Waals surface area contributed by atoms with Crippen LogP contribution in [0.2, 0.25) is 5.02 Å². The van der Waals surface area contributed by atoms with Crippen molar-refractivity contribution in [3.8, 4) is 5.69 Å². The highest BCUT2D eigenvalue weighted by atomic mass is 35.5. The maximum atomic E-state index is 12.3. The Balaban J connectivity index is 2.35. The van der Waals surface area contributed by atoms with Crippen LogP contribution in [0.1, 0.15) is 43.1 Å². The normalized spacial score (nSPS) is 12.2. The molecule has 2 N–H and O–H groups in total. The molecule has 0 saturated heterocycles. The van der Waals surface area contributed by atoms with Gasteiger partial charge >= 0.3 is 0 Å². The van der Waals surface area contributed by atoms with Crippen molar-refractivity contribution in [1.82, 2.24) is 20.1 Å². The van der Waals surface area contributed by atoms with E-state index < -0.39 is 5.91 Å². The molecule has 1 heterocycles.